The minimum atomic E-state index is -3.08. The standard InChI is InChI=1S/C16H32N2O2S/c1-5-10-17-11-6-7-14-21(19,20)18-12-8-15(9-13-18)16(2,3)4/h8,17H,5-7,9-14H2,1-4H3. The highest BCUT2D eigenvalue weighted by Crippen LogP contribution is 2.30. The summed E-state index contributed by atoms with van der Waals surface area (Å²) < 4.78 is 26.3. The van der Waals surface area contributed by atoms with Gasteiger partial charge in [-0.2, -0.15) is 4.31 Å². The second-order valence-electron chi connectivity index (χ2n) is 6.86. The van der Waals surface area contributed by atoms with E-state index in [2.05, 4.69) is 39.1 Å². The number of rotatable bonds is 8. The average Bonchev–Trinajstić information content (AvgIpc) is 2.42. The van der Waals surface area contributed by atoms with Gasteiger partial charge in [0.25, 0.3) is 0 Å². The van der Waals surface area contributed by atoms with Crippen LogP contribution in [0.5, 0.6) is 0 Å². The first-order chi connectivity index (χ1) is 9.77. The van der Waals surface area contributed by atoms with Crippen molar-refractivity contribution in [3.8, 4) is 0 Å². The van der Waals surface area contributed by atoms with Gasteiger partial charge in [-0.1, -0.05) is 39.3 Å². The van der Waals surface area contributed by atoms with Gasteiger partial charge in [-0.25, -0.2) is 8.42 Å². The van der Waals surface area contributed by atoms with E-state index in [1.54, 1.807) is 4.31 Å². The van der Waals surface area contributed by atoms with Crippen LogP contribution in [0.4, 0.5) is 0 Å². The zero-order valence-electron chi connectivity index (χ0n) is 14.1. The normalized spacial score (nSPS) is 17.8. The monoisotopic (exact) mass is 316 g/mol. The van der Waals surface area contributed by atoms with Crippen LogP contribution in [0.1, 0.15) is 53.4 Å². The molecule has 0 aromatic rings. The summed E-state index contributed by atoms with van der Waals surface area (Å²) in [5.41, 5.74) is 1.53. The van der Waals surface area contributed by atoms with Gasteiger partial charge in [-0.15, -0.1) is 0 Å². The zero-order valence-corrected chi connectivity index (χ0v) is 14.9. The molecule has 0 aromatic heterocycles. The fourth-order valence-electron chi connectivity index (χ4n) is 2.55. The Labute approximate surface area is 131 Å². The van der Waals surface area contributed by atoms with Gasteiger partial charge >= 0.3 is 0 Å². The highest BCUT2D eigenvalue weighted by molar-refractivity contribution is 7.89. The number of nitrogens with zero attached hydrogens (tertiary/aromatic N) is 1. The Bertz CT molecular complexity index is 436. The molecule has 0 saturated carbocycles. The van der Waals surface area contributed by atoms with E-state index in [1.165, 1.54) is 5.57 Å². The van der Waals surface area contributed by atoms with Crippen LogP contribution < -0.4 is 5.32 Å². The van der Waals surface area contributed by atoms with E-state index < -0.39 is 10.0 Å². The smallest absolute Gasteiger partial charge is 0.214 e. The van der Waals surface area contributed by atoms with Crippen molar-refractivity contribution in [2.75, 3.05) is 31.9 Å². The summed E-state index contributed by atoms with van der Waals surface area (Å²) in [4.78, 5) is 0. The third kappa shape index (κ3) is 6.49. The van der Waals surface area contributed by atoms with Crippen LogP contribution >= 0.6 is 0 Å². The van der Waals surface area contributed by atoms with E-state index in [4.69, 9.17) is 0 Å². The molecule has 0 fully saturated rings. The van der Waals surface area contributed by atoms with Crippen LogP contribution in [0.2, 0.25) is 0 Å². The molecule has 0 amide bonds. The summed E-state index contributed by atoms with van der Waals surface area (Å²) >= 11 is 0. The highest BCUT2D eigenvalue weighted by Gasteiger charge is 2.27. The number of nitrogens with one attached hydrogen (secondary N) is 1. The molecule has 0 spiro atoms. The molecule has 5 heteroatoms. The molecule has 0 aromatic carbocycles. The first kappa shape index (κ1) is 18.7. The van der Waals surface area contributed by atoms with Gasteiger partial charge in [0, 0.05) is 13.1 Å². The van der Waals surface area contributed by atoms with Gasteiger partial charge in [-0.05, 0) is 44.2 Å². The van der Waals surface area contributed by atoms with Crippen molar-refractivity contribution in [2.24, 2.45) is 5.41 Å². The molecule has 4 nitrogen and oxygen atoms in total. The Kier molecular flexibility index (Phi) is 7.37. The Balaban J connectivity index is 2.38. The summed E-state index contributed by atoms with van der Waals surface area (Å²) in [5, 5.41) is 3.31. The zero-order chi connectivity index (χ0) is 15.9. The lowest BCUT2D eigenvalue weighted by Gasteiger charge is -2.31. The van der Waals surface area contributed by atoms with Crippen LogP contribution in [-0.4, -0.2) is 44.7 Å². The van der Waals surface area contributed by atoms with E-state index in [1.807, 2.05) is 0 Å². The fraction of sp³-hybridized carbons (Fsp3) is 0.875. The predicted molar refractivity (Wildman–Crippen MR) is 89.9 cm³/mol. The Morgan fingerprint density at radius 1 is 1.24 bits per heavy atom. The van der Waals surface area contributed by atoms with E-state index in [0.29, 0.717) is 13.1 Å². The van der Waals surface area contributed by atoms with E-state index in [9.17, 15) is 8.42 Å². The molecule has 0 saturated heterocycles. The topological polar surface area (TPSA) is 49.4 Å². The van der Waals surface area contributed by atoms with Crippen molar-refractivity contribution in [1.82, 2.24) is 9.62 Å². The molecule has 1 aliphatic heterocycles. The molecule has 0 radical (unpaired) electrons. The molecule has 0 unspecified atom stereocenters. The highest BCUT2D eigenvalue weighted by atomic mass is 32.2. The van der Waals surface area contributed by atoms with Crippen molar-refractivity contribution < 1.29 is 8.42 Å². The number of hydrogen-bond donors (Lipinski definition) is 1. The molecule has 0 bridgehead atoms. The molecule has 124 valence electrons. The molecule has 1 heterocycles. The van der Waals surface area contributed by atoms with Crippen LogP contribution in [0.15, 0.2) is 11.6 Å². The largest absolute Gasteiger partial charge is 0.317 e. The molecule has 1 aliphatic rings. The summed E-state index contributed by atoms with van der Waals surface area (Å²) in [5.74, 6) is 0.277. The fourth-order valence-corrected chi connectivity index (χ4v) is 4.05. The molecule has 0 atom stereocenters. The molecule has 21 heavy (non-hydrogen) atoms. The Morgan fingerprint density at radius 3 is 2.48 bits per heavy atom. The minimum absolute atomic E-state index is 0.154. The molecular formula is C16H32N2O2S. The number of sulfonamides is 1. The van der Waals surface area contributed by atoms with Crippen molar-refractivity contribution in [1.29, 1.82) is 0 Å². The summed E-state index contributed by atoms with van der Waals surface area (Å²) in [6, 6.07) is 0. The predicted octanol–water partition coefficient (Wildman–Crippen LogP) is 2.77. The van der Waals surface area contributed by atoms with Gasteiger partial charge in [0.15, 0.2) is 0 Å². The van der Waals surface area contributed by atoms with Gasteiger partial charge < -0.3 is 5.32 Å². The van der Waals surface area contributed by atoms with Crippen molar-refractivity contribution in [3.63, 3.8) is 0 Å². The lowest BCUT2D eigenvalue weighted by atomic mass is 9.83. The molecule has 1 N–H and O–H groups in total. The maximum atomic E-state index is 12.3. The average molecular weight is 317 g/mol. The lowest BCUT2D eigenvalue weighted by molar-refractivity contribution is 0.389. The van der Waals surface area contributed by atoms with Gasteiger partial charge in [0.05, 0.1) is 5.75 Å². The first-order valence-corrected chi connectivity index (χ1v) is 9.76. The third-order valence-electron chi connectivity index (χ3n) is 3.96. The lowest BCUT2D eigenvalue weighted by Crippen LogP contribution is -2.37. The van der Waals surface area contributed by atoms with Crippen molar-refractivity contribution >= 4 is 10.0 Å². The quantitative estimate of drug-likeness (QED) is 0.553. The van der Waals surface area contributed by atoms with Crippen LogP contribution in [0.25, 0.3) is 0 Å². The van der Waals surface area contributed by atoms with Gasteiger partial charge in [-0.3, -0.25) is 0 Å². The van der Waals surface area contributed by atoms with Crippen LogP contribution in [0, 0.1) is 5.41 Å². The number of hydrogen-bond acceptors (Lipinski definition) is 3. The minimum Gasteiger partial charge on any atom is -0.317 e. The summed E-state index contributed by atoms with van der Waals surface area (Å²) in [7, 11) is -3.08. The number of unbranched alkanes of at least 4 members (excludes halogenated alkanes) is 1. The first-order valence-electron chi connectivity index (χ1n) is 8.15. The SMILES string of the molecule is CCCNCCCCS(=O)(=O)N1CC=C(C(C)(C)C)CC1. The second-order valence-corrected chi connectivity index (χ2v) is 8.95. The van der Waals surface area contributed by atoms with Gasteiger partial charge in [0.2, 0.25) is 10.0 Å². The second kappa shape index (κ2) is 8.30. The molecular weight excluding hydrogens is 284 g/mol. The molecule has 1 rings (SSSR count). The van der Waals surface area contributed by atoms with E-state index in [0.717, 1.165) is 38.8 Å². The van der Waals surface area contributed by atoms with Gasteiger partial charge in [0.1, 0.15) is 0 Å². The van der Waals surface area contributed by atoms with E-state index in [-0.39, 0.29) is 11.2 Å². The Hall–Kier alpha value is -0.390. The van der Waals surface area contributed by atoms with Crippen LogP contribution in [0.3, 0.4) is 0 Å². The Morgan fingerprint density at radius 2 is 1.95 bits per heavy atom. The molecule has 0 aliphatic carbocycles. The van der Waals surface area contributed by atoms with Crippen molar-refractivity contribution in [3.05, 3.63) is 11.6 Å². The van der Waals surface area contributed by atoms with E-state index >= 15 is 0 Å². The maximum absolute atomic E-state index is 12.3. The van der Waals surface area contributed by atoms with Crippen LogP contribution in [-0.2, 0) is 10.0 Å². The summed E-state index contributed by atoms with van der Waals surface area (Å²) in [6.07, 6.45) is 5.75. The summed E-state index contributed by atoms with van der Waals surface area (Å²) in [6.45, 7) is 11.8. The van der Waals surface area contributed by atoms with Crippen molar-refractivity contribution in [2.45, 2.75) is 53.4 Å². The third-order valence-corrected chi connectivity index (χ3v) is 5.88. The maximum Gasteiger partial charge on any atom is 0.214 e.